The minimum Gasteiger partial charge on any atom is -0.369 e. The first-order valence-electron chi connectivity index (χ1n) is 4.88. The first kappa shape index (κ1) is 9.54. The number of likely N-dealkylation sites (N-methyl/N-ethyl adjacent to an activating group) is 1. The lowest BCUT2D eigenvalue weighted by molar-refractivity contribution is 0.388. The van der Waals surface area contributed by atoms with Gasteiger partial charge in [0.1, 0.15) is 6.07 Å². The monoisotopic (exact) mass is 196 g/mol. The Labute approximate surface area is 89.8 Å². The summed E-state index contributed by atoms with van der Waals surface area (Å²) in [6.07, 6.45) is 5.79. The van der Waals surface area contributed by atoms with Gasteiger partial charge in [0.2, 0.25) is 0 Å². The molecule has 1 aliphatic rings. The summed E-state index contributed by atoms with van der Waals surface area (Å²) in [7, 11) is 1.98. The lowest BCUT2D eigenvalue weighted by atomic mass is 10.0. The second-order valence-electron chi connectivity index (χ2n) is 3.58. The molecular weight excluding hydrogens is 184 g/mol. The Kier molecular flexibility index (Phi) is 2.55. The van der Waals surface area contributed by atoms with Crippen molar-refractivity contribution in [2.75, 3.05) is 7.05 Å². The van der Waals surface area contributed by atoms with Crippen molar-refractivity contribution in [1.82, 2.24) is 4.90 Å². The van der Waals surface area contributed by atoms with Gasteiger partial charge in [0.15, 0.2) is 0 Å². The zero-order chi connectivity index (χ0) is 10.7. The molecule has 1 aromatic carbocycles. The molecule has 0 fully saturated rings. The van der Waals surface area contributed by atoms with Gasteiger partial charge in [-0.1, -0.05) is 36.4 Å². The van der Waals surface area contributed by atoms with Crippen molar-refractivity contribution < 1.29 is 0 Å². The average Bonchev–Trinajstić information content (AvgIpc) is 2.30. The molecule has 0 radical (unpaired) electrons. The smallest absolute Gasteiger partial charge is 0.101 e. The lowest BCUT2D eigenvalue weighted by Gasteiger charge is -2.27. The van der Waals surface area contributed by atoms with Crippen molar-refractivity contribution in [2.45, 2.75) is 6.04 Å². The van der Waals surface area contributed by atoms with Crippen LogP contribution >= 0.6 is 0 Å². The molecule has 0 spiro atoms. The molecule has 1 atom stereocenters. The Bertz CT molecular complexity index is 437. The van der Waals surface area contributed by atoms with Crippen LogP contribution in [0.3, 0.4) is 0 Å². The van der Waals surface area contributed by atoms with Crippen molar-refractivity contribution in [3.63, 3.8) is 0 Å². The first-order valence-corrected chi connectivity index (χ1v) is 4.88. The van der Waals surface area contributed by atoms with Gasteiger partial charge in [-0.25, -0.2) is 0 Å². The van der Waals surface area contributed by atoms with Crippen LogP contribution in [0.4, 0.5) is 0 Å². The molecule has 1 aromatic rings. The van der Waals surface area contributed by atoms with Crippen LogP contribution in [0.1, 0.15) is 11.6 Å². The maximum absolute atomic E-state index is 8.77. The molecule has 0 saturated heterocycles. The molecule has 1 aliphatic heterocycles. The molecule has 0 saturated carbocycles. The lowest BCUT2D eigenvalue weighted by Crippen LogP contribution is -2.19. The third-order valence-corrected chi connectivity index (χ3v) is 2.51. The van der Waals surface area contributed by atoms with E-state index in [1.165, 1.54) is 5.56 Å². The van der Waals surface area contributed by atoms with Gasteiger partial charge in [0.05, 0.1) is 11.6 Å². The van der Waals surface area contributed by atoms with Crippen LogP contribution in [0.5, 0.6) is 0 Å². The van der Waals surface area contributed by atoms with E-state index in [1.807, 2.05) is 48.5 Å². The zero-order valence-electron chi connectivity index (χ0n) is 8.59. The van der Waals surface area contributed by atoms with Gasteiger partial charge >= 0.3 is 0 Å². The molecule has 0 N–H and O–H groups in total. The molecule has 2 nitrogen and oxygen atoms in total. The number of benzene rings is 1. The van der Waals surface area contributed by atoms with Gasteiger partial charge in [0.25, 0.3) is 0 Å². The van der Waals surface area contributed by atoms with Crippen LogP contribution in [0.25, 0.3) is 0 Å². The predicted octanol–water partition coefficient (Wildman–Crippen LogP) is 2.64. The van der Waals surface area contributed by atoms with Crippen LogP contribution in [0.2, 0.25) is 0 Å². The summed E-state index contributed by atoms with van der Waals surface area (Å²) in [5.74, 6) is 0. The number of hydrogen-bond acceptors (Lipinski definition) is 2. The van der Waals surface area contributed by atoms with E-state index in [1.54, 1.807) is 0 Å². The Balaban J connectivity index is 2.26. The van der Waals surface area contributed by atoms with Crippen molar-refractivity contribution in [3.05, 3.63) is 59.8 Å². The van der Waals surface area contributed by atoms with Crippen molar-refractivity contribution >= 4 is 0 Å². The number of nitrogens with zero attached hydrogens (tertiary/aromatic N) is 2. The summed E-state index contributed by atoms with van der Waals surface area (Å²) in [6, 6.07) is 12.6. The molecule has 74 valence electrons. The topological polar surface area (TPSA) is 27.0 Å². The largest absolute Gasteiger partial charge is 0.369 e. The minimum atomic E-state index is 0.239. The fourth-order valence-corrected chi connectivity index (χ4v) is 1.74. The number of nitriles is 1. The average molecular weight is 196 g/mol. The summed E-state index contributed by atoms with van der Waals surface area (Å²) in [5.41, 5.74) is 1.94. The molecule has 2 rings (SSSR count). The molecule has 0 amide bonds. The molecular formula is C13H12N2. The number of rotatable bonds is 1. The Morgan fingerprint density at radius 3 is 2.60 bits per heavy atom. The van der Waals surface area contributed by atoms with Crippen molar-refractivity contribution in [3.8, 4) is 6.07 Å². The molecule has 0 aliphatic carbocycles. The van der Waals surface area contributed by atoms with Crippen LogP contribution < -0.4 is 0 Å². The Hall–Kier alpha value is -2.01. The fraction of sp³-hybridized carbons (Fsp3) is 0.154. The highest BCUT2D eigenvalue weighted by atomic mass is 15.1. The maximum Gasteiger partial charge on any atom is 0.101 e. The van der Waals surface area contributed by atoms with Gasteiger partial charge in [-0.05, 0) is 11.6 Å². The van der Waals surface area contributed by atoms with E-state index in [9.17, 15) is 0 Å². The van der Waals surface area contributed by atoms with E-state index in [2.05, 4.69) is 18.2 Å². The van der Waals surface area contributed by atoms with E-state index >= 15 is 0 Å². The van der Waals surface area contributed by atoms with Crippen LogP contribution in [0.15, 0.2) is 54.3 Å². The number of hydrogen-bond donors (Lipinski definition) is 0. The Morgan fingerprint density at radius 1 is 1.27 bits per heavy atom. The highest BCUT2D eigenvalue weighted by Crippen LogP contribution is 2.25. The maximum atomic E-state index is 8.77. The summed E-state index contributed by atoms with van der Waals surface area (Å²) >= 11 is 0. The quantitative estimate of drug-likeness (QED) is 0.690. The van der Waals surface area contributed by atoms with E-state index < -0.39 is 0 Å². The molecule has 0 unspecified atom stereocenters. The highest BCUT2D eigenvalue weighted by molar-refractivity contribution is 5.38. The Morgan fingerprint density at radius 2 is 2.00 bits per heavy atom. The van der Waals surface area contributed by atoms with Crippen LogP contribution in [-0.4, -0.2) is 11.9 Å². The summed E-state index contributed by atoms with van der Waals surface area (Å²) in [5, 5.41) is 8.77. The molecule has 0 aromatic heterocycles. The first-order chi connectivity index (χ1) is 7.31. The second-order valence-corrected chi connectivity index (χ2v) is 3.58. The second kappa shape index (κ2) is 4.02. The third kappa shape index (κ3) is 1.92. The van der Waals surface area contributed by atoms with E-state index in [-0.39, 0.29) is 6.04 Å². The van der Waals surface area contributed by atoms with Crippen LogP contribution in [0, 0.1) is 11.3 Å². The molecule has 0 bridgehead atoms. The van der Waals surface area contributed by atoms with Crippen molar-refractivity contribution in [2.24, 2.45) is 0 Å². The molecule has 2 heteroatoms. The highest BCUT2D eigenvalue weighted by Gasteiger charge is 2.14. The van der Waals surface area contributed by atoms with Crippen LogP contribution in [-0.2, 0) is 0 Å². The molecule has 15 heavy (non-hydrogen) atoms. The summed E-state index contributed by atoms with van der Waals surface area (Å²) < 4.78 is 0. The van der Waals surface area contributed by atoms with Gasteiger partial charge in [-0.2, -0.15) is 5.26 Å². The van der Waals surface area contributed by atoms with Gasteiger partial charge in [-0.3, -0.25) is 0 Å². The third-order valence-electron chi connectivity index (χ3n) is 2.51. The number of allylic oxidation sites excluding steroid dienone is 2. The summed E-state index contributed by atoms with van der Waals surface area (Å²) in [6.45, 7) is 0. The van der Waals surface area contributed by atoms with E-state index in [0.29, 0.717) is 5.57 Å². The predicted molar refractivity (Wildman–Crippen MR) is 59.8 cm³/mol. The van der Waals surface area contributed by atoms with E-state index in [0.717, 1.165) is 0 Å². The van der Waals surface area contributed by atoms with Gasteiger partial charge in [0, 0.05) is 13.2 Å². The zero-order valence-corrected chi connectivity index (χ0v) is 8.59. The molecule has 1 heterocycles. The standard InChI is InChI=1S/C13H12N2/c1-15-10-11(9-14)7-8-13(15)12-5-3-2-4-6-12/h2-8,10,13H,1H3/t13-/m1/s1. The van der Waals surface area contributed by atoms with Gasteiger partial charge in [-0.15, -0.1) is 0 Å². The van der Waals surface area contributed by atoms with Crippen molar-refractivity contribution in [1.29, 1.82) is 5.26 Å². The fourth-order valence-electron chi connectivity index (χ4n) is 1.74. The SMILES string of the molecule is CN1C=C(C#N)C=C[C@@H]1c1ccccc1. The minimum absolute atomic E-state index is 0.239. The summed E-state index contributed by atoms with van der Waals surface area (Å²) in [4.78, 5) is 2.05. The van der Waals surface area contributed by atoms with E-state index in [4.69, 9.17) is 5.26 Å². The van der Waals surface area contributed by atoms with Gasteiger partial charge < -0.3 is 4.90 Å². The normalized spacial score (nSPS) is 19.6.